The zero-order valence-electron chi connectivity index (χ0n) is 15.3. The molecule has 0 fully saturated rings. The number of hydrogen-bond donors (Lipinski definition) is 0. The van der Waals surface area contributed by atoms with Crippen molar-refractivity contribution in [2.45, 2.75) is 33.1 Å². The molecule has 1 heterocycles. The average Bonchev–Trinajstić information content (AvgIpc) is 2.95. The number of para-hydroxylation sites is 1. The zero-order chi connectivity index (χ0) is 18.4. The third-order valence-corrected chi connectivity index (χ3v) is 4.27. The summed E-state index contributed by atoms with van der Waals surface area (Å²) in [6.07, 6.45) is 5.32. The third-order valence-electron chi connectivity index (χ3n) is 4.27. The molecule has 0 radical (unpaired) electrons. The van der Waals surface area contributed by atoms with Gasteiger partial charge in [0.05, 0.1) is 23.6 Å². The second-order valence-electron chi connectivity index (χ2n) is 6.32. The van der Waals surface area contributed by atoms with Crippen LogP contribution in [0.15, 0.2) is 65.3 Å². The molecule has 1 aliphatic rings. The minimum Gasteiger partial charge on any atom is -0.494 e. The first kappa shape index (κ1) is 17.9. The SMILES string of the molecule is CCCCCOc1ccc(/C=C2/C(=O)N(c3ccccc3)N=C2C)cc1. The van der Waals surface area contributed by atoms with Crippen LogP contribution in [0.4, 0.5) is 5.69 Å². The summed E-state index contributed by atoms with van der Waals surface area (Å²) in [5.41, 5.74) is 3.07. The van der Waals surface area contributed by atoms with E-state index in [0.717, 1.165) is 35.7 Å². The molecule has 0 aliphatic carbocycles. The molecule has 0 saturated carbocycles. The van der Waals surface area contributed by atoms with E-state index in [-0.39, 0.29) is 5.91 Å². The summed E-state index contributed by atoms with van der Waals surface area (Å²) >= 11 is 0. The second-order valence-corrected chi connectivity index (χ2v) is 6.32. The molecule has 0 atom stereocenters. The summed E-state index contributed by atoms with van der Waals surface area (Å²) in [5.74, 6) is 0.755. The number of rotatable bonds is 7. The Kier molecular flexibility index (Phi) is 5.84. The standard InChI is InChI=1S/C22H24N2O2/c1-3-4-8-15-26-20-13-11-18(12-14-20)16-21-17(2)23-24(22(21)25)19-9-6-5-7-10-19/h5-7,9-14,16H,3-4,8,15H2,1-2H3/b21-16+. The van der Waals surface area contributed by atoms with Gasteiger partial charge in [-0.1, -0.05) is 50.1 Å². The largest absolute Gasteiger partial charge is 0.494 e. The number of unbranched alkanes of at least 4 members (excludes halogenated alkanes) is 2. The highest BCUT2D eigenvalue weighted by Gasteiger charge is 2.28. The molecule has 1 aliphatic heterocycles. The van der Waals surface area contributed by atoms with Gasteiger partial charge in [-0.05, 0) is 49.2 Å². The molecule has 0 unspecified atom stereocenters. The molecule has 0 N–H and O–H groups in total. The third kappa shape index (κ3) is 4.20. The number of benzene rings is 2. The van der Waals surface area contributed by atoms with Crippen LogP contribution in [0.5, 0.6) is 5.75 Å². The summed E-state index contributed by atoms with van der Waals surface area (Å²) in [7, 11) is 0. The molecule has 4 heteroatoms. The van der Waals surface area contributed by atoms with Gasteiger partial charge < -0.3 is 4.74 Å². The average molecular weight is 348 g/mol. The van der Waals surface area contributed by atoms with Crippen molar-refractivity contribution in [2.24, 2.45) is 5.10 Å². The lowest BCUT2D eigenvalue weighted by molar-refractivity contribution is -0.114. The van der Waals surface area contributed by atoms with Crippen molar-refractivity contribution in [3.05, 3.63) is 65.7 Å². The van der Waals surface area contributed by atoms with Crippen LogP contribution in [0.1, 0.15) is 38.7 Å². The van der Waals surface area contributed by atoms with E-state index in [2.05, 4.69) is 12.0 Å². The smallest absolute Gasteiger partial charge is 0.280 e. The maximum atomic E-state index is 12.7. The predicted molar refractivity (Wildman–Crippen MR) is 106 cm³/mol. The first-order chi connectivity index (χ1) is 12.7. The van der Waals surface area contributed by atoms with Gasteiger partial charge in [0, 0.05) is 0 Å². The lowest BCUT2D eigenvalue weighted by Gasteiger charge is -2.11. The van der Waals surface area contributed by atoms with E-state index in [4.69, 9.17) is 4.74 Å². The Labute approximate surface area is 154 Å². The molecule has 0 saturated heterocycles. The fourth-order valence-electron chi connectivity index (χ4n) is 2.80. The Balaban J connectivity index is 1.70. The van der Waals surface area contributed by atoms with E-state index >= 15 is 0 Å². The van der Waals surface area contributed by atoms with Gasteiger partial charge in [-0.25, -0.2) is 0 Å². The fourth-order valence-corrected chi connectivity index (χ4v) is 2.80. The summed E-state index contributed by atoms with van der Waals surface area (Å²) in [6, 6.07) is 17.3. The van der Waals surface area contributed by atoms with Crippen molar-refractivity contribution in [3.63, 3.8) is 0 Å². The molecule has 2 aromatic carbocycles. The Bertz CT molecular complexity index is 808. The monoisotopic (exact) mass is 348 g/mol. The predicted octanol–water partition coefficient (Wildman–Crippen LogP) is 5.06. The summed E-state index contributed by atoms with van der Waals surface area (Å²) in [5, 5.41) is 5.85. The van der Waals surface area contributed by atoms with Crippen LogP contribution in [0, 0.1) is 0 Å². The van der Waals surface area contributed by atoms with Gasteiger partial charge in [0.25, 0.3) is 5.91 Å². The van der Waals surface area contributed by atoms with Crippen LogP contribution < -0.4 is 9.75 Å². The number of hydrogen-bond acceptors (Lipinski definition) is 3. The van der Waals surface area contributed by atoms with Gasteiger partial charge in [-0.3, -0.25) is 4.79 Å². The molecule has 0 bridgehead atoms. The maximum Gasteiger partial charge on any atom is 0.280 e. The Morgan fingerprint density at radius 3 is 2.46 bits per heavy atom. The first-order valence-electron chi connectivity index (χ1n) is 9.08. The van der Waals surface area contributed by atoms with Crippen molar-refractivity contribution in [2.75, 3.05) is 11.6 Å². The van der Waals surface area contributed by atoms with Crippen LogP contribution in [-0.2, 0) is 4.79 Å². The lowest BCUT2D eigenvalue weighted by atomic mass is 10.1. The minimum absolute atomic E-state index is 0.103. The molecule has 0 spiro atoms. The molecule has 1 amide bonds. The van der Waals surface area contributed by atoms with E-state index in [0.29, 0.717) is 5.57 Å². The number of amides is 1. The normalized spacial score (nSPS) is 15.5. The van der Waals surface area contributed by atoms with Gasteiger partial charge in [-0.15, -0.1) is 0 Å². The van der Waals surface area contributed by atoms with Crippen LogP contribution in [0.25, 0.3) is 6.08 Å². The summed E-state index contributed by atoms with van der Waals surface area (Å²) in [4.78, 5) is 12.7. The molecular weight excluding hydrogens is 324 g/mol. The number of carbonyl (C=O) groups is 1. The van der Waals surface area contributed by atoms with Gasteiger partial charge in [0.15, 0.2) is 0 Å². The Morgan fingerprint density at radius 1 is 1.04 bits per heavy atom. The second kappa shape index (κ2) is 8.48. The van der Waals surface area contributed by atoms with Gasteiger partial charge in [0.1, 0.15) is 5.75 Å². The lowest BCUT2D eigenvalue weighted by Crippen LogP contribution is -2.21. The Hall–Kier alpha value is -2.88. The number of ether oxygens (including phenoxy) is 1. The minimum atomic E-state index is -0.103. The van der Waals surface area contributed by atoms with Gasteiger partial charge in [-0.2, -0.15) is 10.1 Å². The molecule has 4 nitrogen and oxygen atoms in total. The van der Waals surface area contributed by atoms with E-state index in [1.807, 2.05) is 67.6 Å². The van der Waals surface area contributed by atoms with E-state index < -0.39 is 0 Å². The van der Waals surface area contributed by atoms with Gasteiger partial charge in [0.2, 0.25) is 0 Å². The molecular formula is C22H24N2O2. The summed E-state index contributed by atoms with van der Waals surface area (Å²) in [6.45, 7) is 4.78. The van der Waals surface area contributed by atoms with Crippen LogP contribution in [0.3, 0.4) is 0 Å². The van der Waals surface area contributed by atoms with Crippen LogP contribution in [-0.4, -0.2) is 18.2 Å². The zero-order valence-corrected chi connectivity index (χ0v) is 15.3. The fraction of sp³-hybridized carbons (Fsp3) is 0.273. The first-order valence-corrected chi connectivity index (χ1v) is 9.08. The molecule has 2 aromatic rings. The van der Waals surface area contributed by atoms with Crippen molar-refractivity contribution in [1.29, 1.82) is 0 Å². The number of hydrazone groups is 1. The van der Waals surface area contributed by atoms with E-state index in [9.17, 15) is 4.79 Å². The molecule has 3 rings (SSSR count). The summed E-state index contributed by atoms with van der Waals surface area (Å²) < 4.78 is 5.73. The highest BCUT2D eigenvalue weighted by Crippen LogP contribution is 2.25. The van der Waals surface area contributed by atoms with Crippen molar-refractivity contribution < 1.29 is 9.53 Å². The van der Waals surface area contributed by atoms with Crippen molar-refractivity contribution in [1.82, 2.24) is 0 Å². The van der Waals surface area contributed by atoms with Crippen molar-refractivity contribution in [3.8, 4) is 5.75 Å². The topological polar surface area (TPSA) is 41.9 Å². The van der Waals surface area contributed by atoms with Crippen molar-refractivity contribution >= 4 is 23.4 Å². The van der Waals surface area contributed by atoms with Crippen LogP contribution >= 0.6 is 0 Å². The number of nitrogens with zero attached hydrogens (tertiary/aromatic N) is 2. The van der Waals surface area contributed by atoms with E-state index in [1.165, 1.54) is 17.9 Å². The maximum absolute atomic E-state index is 12.7. The molecule has 26 heavy (non-hydrogen) atoms. The van der Waals surface area contributed by atoms with E-state index in [1.54, 1.807) is 0 Å². The number of carbonyl (C=O) groups excluding carboxylic acids is 1. The Morgan fingerprint density at radius 2 is 1.77 bits per heavy atom. The molecule has 0 aromatic heterocycles. The van der Waals surface area contributed by atoms with Gasteiger partial charge >= 0.3 is 0 Å². The van der Waals surface area contributed by atoms with Crippen LogP contribution in [0.2, 0.25) is 0 Å². The highest BCUT2D eigenvalue weighted by atomic mass is 16.5. The molecule has 134 valence electrons. The number of anilines is 1. The quantitative estimate of drug-likeness (QED) is 0.518. The highest BCUT2D eigenvalue weighted by molar-refractivity contribution is 6.32.